The lowest BCUT2D eigenvalue weighted by Crippen LogP contribution is -2.44. The fourth-order valence-electron chi connectivity index (χ4n) is 2.85. The number of hydrogen-bond donors (Lipinski definition) is 1. The fraction of sp³-hybridized carbons (Fsp3) is 0.333. The topological polar surface area (TPSA) is 91.6 Å². The summed E-state index contributed by atoms with van der Waals surface area (Å²) in [5.41, 5.74) is 1.02. The summed E-state index contributed by atoms with van der Waals surface area (Å²) < 4.78 is 0. The minimum atomic E-state index is -0.460. The summed E-state index contributed by atoms with van der Waals surface area (Å²) in [4.78, 5) is 31.3. The number of benzene rings is 1. The Bertz CT molecular complexity index is 831. The van der Waals surface area contributed by atoms with E-state index in [-0.39, 0.29) is 17.3 Å². The average Bonchev–Trinajstić information content (AvgIpc) is 2.62. The Morgan fingerprint density at radius 1 is 1.19 bits per heavy atom. The van der Waals surface area contributed by atoms with E-state index in [2.05, 4.69) is 27.1 Å². The molecule has 0 radical (unpaired) electrons. The second kappa shape index (κ2) is 7.49. The van der Waals surface area contributed by atoms with Gasteiger partial charge >= 0.3 is 5.69 Å². The number of hydrogen-bond acceptors (Lipinski definition) is 7. The van der Waals surface area contributed by atoms with Crippen molar-refractivity contribution < 1.29 is 9.72 Å². The number of carbonyl (C=O) groups is 1. The Balaban J connectivity index is 1.91. The standard InChI is InChI=1S/C18H21N5O3/c1-13(24)14-4-3-5-15(12-14)19-18-16(23(25)26)6-7-17(20-18)22-10-8-21(2)9-11-22/h3-7,12H,8-11H2,1-2H3,(H,19,20). The first-order valence-electron chi connectivity index (χ1n) is 8.41. The first-order chi connectivity index (χ1) is 12.4. The highest BCUT2D eigenvalue weighted by Gasteiger charge is 2.21. The smallest absolute Gasteiger partial charge is 0.311 e. The van der Waals surface area contributed by atoms with E-state index < -0.39 is 4.92 Å². The molecular formula is C18H21N5O3. The highest BCUT2D eigenvalue weighted by atomic mass is 16.6. The predicted molar refractivity (Wildman–Crippen MR) is 100 cm³/mol. The van der Waals surface area contributed by atoms with Crippen LogP contribution in [-0.2, 0) is 0 Å². The zero-order chi connectivity index (χ0) is 18.7. The first kappa shape index (κ1) is 17.8. The van der Waals surface area contributed by atoms with Gasteiger partial charge in [0.15, 0.2) is 5.78 Å². The molecule has 3 rings (SSSR count). The summed E-state index contributed by atoms with van der Waals surface area (Å²) in [5, 5.41) is 14.4. The lowest BCUT2D eigenvalue weighted by atomic mass is 10.1. The van der Waals surface area contributed by atoms with Crippen molar-refractivity contribution in [1.82, 2.24) is 9.88 Å². The first-order valence-corrected chi connectivity index (χ1v) is 8.41. The second-order valence-corrected chi connectivity index (χ2v) is 6.35. The maximum Gasteiger partial charge on any atom is 0.311 e. The van der Waals surface area contributed by atoms with Crippen LogP contribution in [0.1, 0.15) is 17.3 Å². The van der Waals surface area contributed by atoms with Crippen molar-refractivity contribution in [3.05, 3.63) is 52.1 Å². The Labute approximate surface area is 151 Å². The Kier molecular flexibility index (Phi) is 5.13. The van der Waals surface area contributed by atoms with Crippen LogP contribution in [0.3, 0.4) is 0 Å². The fourth-order valence-corrected chi connectivity index (χ4v) is 2.85. The molecule has 0 saturated carbocycles. The van der Waals surface area contributed by atoms with Crippen molar-refractivity contribution in [1.29, 1.82) is 0 Å². The van der Waals surface area contributed by atoms with Crippen LogP contribution in [0.4, 0.5) is 23.0 Å². The van der Waals surface area contributed by atoms with Crippen molar-refractivity contribution in [2.45, 2.75) is 6.92 Å². The van der Waals surface area contributed by atoms with Gasteiger partial charge < -0.3 is 15.1 Å². The quantitative estimate of drug-likeness (QED) is 0.501. The van der Waals surface area contributed by atoms with Gasteiger partial charge in [0.1, 0.15) is 5.82 Å². The third kappa shape index (κ3) is 3.97. The molecule has 8 nitrogen and oxygen atoms in total. The maximum atomic E-state index is 11.6. The van der Waals surface area contributed by atoms with Gasteiger partial charge in [-0.25, -0.2) is 4.98 Å². The third-order valence-electron chi connectivity index (χ3n) is 4.42. The molecule has 0 aliphatic carbocycles. The molecule has 0 bridgehead atoms. The number of ketones is 1. The number of nitrogens with zero attached hydrogens (tertiary/aromatic N) is 4. The minimum absolute atomic E-state index is 0.0673. The molecule has 0 amide bonds. The number of aromatic nitrogens is 1. The van der Waals surface area contributed by atoms with E-state index in [9.17, 15) is 14.9 Å². The summed E-state index contributed by atoms with van der Waals surface area (Å²) in [6, 6.07) is 10.0. The number of likely N-dealkylation sites (N-methyl/N-ethyl adjacent to an activating group) is 1. The van der Waals surface area contributed by atoms with Crippen molar-refractivity contribution in [2.24, 2.45) is 0 Å². The number of pyridine rings is 1. The molecule has 0 spiro atoms. The zero-order valence-corrected chi connectivity index (χ0v) is 14.8. The molecule has 1 fully saturated rings. The van der Waals surface area contributed by atoms with E-state index in [1.807, 2.05) is 0 Å². The van der Waals surface area contributed by atoms with E-state index >= 15 is 0 Å². The molecule has 1 aliphatic heterocycles. The number of rotatable bonds is 5. The summed E-state index contributed by atoms with van der Waals surface area (Å²) >= 11 is 0. The van der Waals surface area contributed by atoms with Gasteiger partial charge in [-0.05, 0) is 32.2 Å². The SMILES string of the molecule is CC(=O)c1cccc(Nc2nc(N3CCN(C)CC3)ccc2[N+](=O)[O-])c1. The summed E-state index contributed by atoms with van der Waals surface area (Å²) in [7, 11) is 2.07. The highest BCUT2D eigenvalue weighted by Crippen LogP contribution is 2.29. The van der Waals surface area contributed by atoms with Crippen molar-refractivity contribution in [3.8, 4) is 0 Å². The molecule has 1 aliphatic rings. The molecule has 1 saturated heterocycles. The van der Waals surface area contributed by atoms with Gasteiger partial charge in [0.2, 0.25) is 5.82 Å². The van der Waals surface area contributed by atoms with Gasteiger partial charge in [0.25, 0.3) is 0 Å². The van der Waals surface area contributed by atoms with Crippen LogP contribution in [0.5, 0.6) is 0 Å². The van der Waals surface area contributed by atoms with Crippen LogP contribution in [0.2, 0.25) is 0 Å². The molecule has 0 atom stereocenters. The van der Waals surface area contributed by atoms with Crippen molar-refractivity contribution in [3.63, 3.8) is 0 Å². The summed E-state index contributed by atoms with van der Waals surface area (Å²) in [5.74, 6) is 0.809. The van der Waals surface area contributed by atoms with Crippen LogP contribution < -0.4 is 10.2 Å². The van der Waals surface area contributed by atoms with E-state index in [1.165, 1.54) is 13.0 Å². The van der Waals surface area contributed by atoms with Crippen LogP contribution >= 0.6 is 0 Å². The van der Waals surface area contributed by atoms with Gasteiger partial charge in [0.05, 0.1) is 4.92 Å². The minimum Gasteiger partial charge on any atom is -0.354 e. The Morgan fingerprint density at radius 3 is 2.58 bits per heavy atom. The molecule has 8 heteroatoms. The van der Waals surface area contributed by atoms with Crippen molar-refractivity contribution in [2.75, 3.05) is 43.4 Å². The van der Waals surface area contributed by atoms with E-state index in [4.69, 9.17) is 0 Å². The maximum absolute atomic E-state index is 11.6. The number of nitrogens with one attached hydrogen (secondary N) is 1. The van der Waals surface area contributed by atoms with Crippen LogP contribution in [0.25, 0.3) is 0 Å². The molecule has 1 N–H and O–H groups in total. The summed E-state index contributed by atoms with van der Waals surface area (Å²) in [6.07, 6.45) is 0. The van der Waals surface area contributed by atoms with Gasteiger partial charge in [-0.3, -0.25) is 14.9 Å². The van der Waals surface area contributed by atoms with E-state index in [1.54, 1.807) is 30.3 Å². The van der Waals surface area contributed by atoms with E-state index in [0.29, 0.717) is 17.1 Å². The molecule has 1 aromatic carbocycles. The molecular weight excluding hydrogens is 334 g/mol. The molecule has 1 aromatic heterocycles. The van der Waals surface area contributed by atoms with Crippen LogP contribution in [0, 0.1) is 10.1 Å². The number of anilines is 3. The molecule has 2 heterocycles. The molecule has 0 unspecified atom stereocenters. The lowest BCUT2D eigenvalue weighted by Gasteiger charge is -2.33. The van der Waals surface area contributed by atoms with E-state index in [0.717, 1.165) is 26.2 Å². The monoisotopic (exact) mass is 355 g/mol. The summed E-state index contributed by atoms with van der Waals surface area (Å²) in [6.45, 7) is 4.96. The van der Waals surface area contributed by atoms with Gasteiger partial charge in [0, 0.05) is 43.5 Å². The Morgan fingerprint density at radius 2 is 1.92 bits per heavy atom. The highest BCUT2D eigenvalue weighted by molar-refractivity contribution is 5.95. The lowest BCUT2D eigenvalue weighted by molar-refractivity contribution is -0.384. The number of nitro groups is 1. The van der Waals surface area contributed by atoms with Crippen LogP contribution in [0.15, 0.2) is 36.4 Å². The molecule has 136 valence electrons. The Hall–Kier alpha value is -3.00. The van der Waals surface area contributed by atoms with Crippen LogP contribution in [-0.4, -0.2) is 53.8 Å². The van der Waals surface area contributed by atoms with Crippen molar-refractivity contribution >= 4 is 28.8 Å². The number of carbonyl (C=O) groups excluding carboxylic acids is 1. The molecule has 26 heavy (non-hydrogen) atoms. The number of piperazine rings is 1. The third-order valence-corrected chi connectivity index (χ3v) is 4.42. The van der Waals surface area contributed by atoms with Gasteiger partial charge in [-0.1, -0.05) is 12.1 Å². The van der Waals surface area contributed by atoms with Gasteiger partial charge in [-0.2, -0.15) is 0 Å². The second-order valence-electron chi connectivity index (χ2n) is 6.35. The van der Waals surface area contributed by atoms with Gasteiger partial charge in [-0.15, -0.1) is 0 Å². The number of Topliss-reactive ketones (excluding diaryl/α,β-unsaturated/α-hetero) is 1. The average molecular weight is 355 g/mol. The normalized spacial score (nSPS) is 14.9. The predicted octanol–water partition coefficient (Wildman–Crippen LogP) is 2.69. The largest absolute Gasteiger partial charge is 0.354 e. The zero-order valence-electron chi connectivity index (χ0n) is 14.8. The molecule has 2 aromatic rings.